The number of aliphatic hydroxyl groups excluding tert-OH is 1. The Bertz CT molecular complexity index is 1330. The fourth-order valence-corrected chi connectivity index (χ4v) is 6.07. The van der Waals surface area contributed by atoms with E-state index < -0.39 is 44.8 Å². The van der Waals surface area contributed by atoms with Crippen molar-refractivity contribution in [3.63, 3.8) is 0 Å². The molecule has 2 aromatic carbocycles. The molecular weight excluding hydrogens is 526 g/mol. The number of ether oxygens (including phenoxy) is 1. The number of quaternary nitrogens is 1. The van der Waals surface area contributed by atoms with Gasteiger partial charge in [-0.2, -0.15) is 0 Å². The average molecular weight is 561 g/mol. The van der Waals surface area contributed by atoms with Gasteiger partial charge in [0.05, 0.1) is 35.2 Å². The van der Waals surface area contributed by atoms with Gasteiger partial charge in [-0.1, -0.05) is 18.2 Å². The highest BCUT2D eigenvalue weighted by molar-refractivity contribution is 7.91. The molecule has 39 heavy (non-hydrogen) atoms. The molecule has 1 amide bonds. The molecule has 0 radical (unpaired) electrons. The Labute approximate surface area is 228 Å². The van der Waals surface area contributed by atoms with Crippen molar-refractivity contribution in [2.75, 3.05) is 25.4 Å². The number of amides is 1. The zero-order valence-electron chi connectivity index (χ0n) is 22.3. The third kappa shape index (κ3) is 6.45. The minimum Gasteiger partial charge on any atom is -0.510 e. The maximum absolute atomic E-state index is 13.3. The molecule has 0 spiro atoms. The molecule has 1 aliphatic heterocycles. The molecule has 1 heterocycles. The first-order valence-electron chi connectivity index (χ1n) is 12.8. The number of hydrogen-bond acceptors (Lipinski definition) is 8. The molecule has 12 heteroatoms. The van der Waals surface area contributed by atoms with Crippen LogP contribution >= 0.6 is 0 Å². The number of aliphatic hydroxyl groups is 1. The van der Waals surface area contributed by atoms with Crippen molar-refractivity contribution in [3.05, 3.63) is 81.7 Å². The second-order valence-electron chi connectivity index (χ2n) is 9.29. The fourth-order valence-electron chi connectivity index (χ4n) is 4.80. The Hall–Kier alpha value is -3.77. The van der Waals surface area contributed by atoms with Crippen LogP contribution in [0.2, 0.25) is 0 Å². The van der Waals surface area contributed by atoms with Gasteiger partial charge in [-0.05, 0) is 50.6 Å². The van der Waals surface area contributed by atoms with Crippen LogP contribution in [0.4, 0.5) is 5.69 Å². The number of nitro groups is 1. The Morgan fingerprint density at radius 3 is 2.18 bits per heavy atom. The molecule has 3 rings (SSSR count). The number of rotatable bonds is 13. The zero-order valence-corrected chi connectivity index (χ0v) is 23.1. The predicted octanol–water partition coefficient (Wildman–Crippen LogP) is 3.71. The molecule has 1 N–H and O–H groups in total. The van der Waals surface area contributed by atoms with Crippen LogP contribution in [0.25, 0.3) is 0 Å². The Balaban J connectivity index is 1.92. The number of nitro benzene ring substituents is 1. The first kappa shape index (κ1) is 29.8. The van der Waals surface area contributed by atoms with Crippen LogP contribution < -0.4 is 0 Å². The summed E-state index contributed by atoms with van der Waals surface area (Å²) in [6.07, 6.45) is -0.656. The van der Waals surface area contributed by atoms with Gasteiger partial charge in [0.2, 0.25) is 5.91 Å². The molecular formula is C27H34N3O8S+. The van der Waals surface area contributed by atoms with E-state index in [9.17, 15) is 33.2 Å². The van der Waals surface area contributed by atoms with E-state index in [1.165, 1.54) is 41.3 Å². The Morgan fingerprint density at radius 1 is 1.08 bits per heavy atom. The van der Waals surface area contributed by atoms with Gasteiger partial charge in [-0.3, -0.25) is 19.8 Å². The normalized spacial score (nSPS) is 16.3. The molecule has 0 aliphatic carbocycles. The van der Waals surface area contributed by atoms with Gasteiger partial charge in [-0.25, -0.2) is 13.2 Å². The summed E-state index contributed by atoms with van der Waals surface area (Å²) in [4.78, 5) is 37.9. The van der Waals surface area contributed by atoms with Crippen LogP contribution in [0, 0.1) is 10.1 Å². The van der Waals surface area contributed by atoms with Crippen LogP contribution in [0.3, 0.4) is 0 Å². The van der Waals surface area contributed by atoms with E-state index in [4.69, 9.17) is 4.74 Å². The topological polar surface area (TPSA) is 144 Å². The maximum atomic E-state index is 13.3. The van der Waals surface area contributed by atoms with Crippen LogP contribution in [0.5, 0.6) is 0 Å². The highest BCUT2D eigenvalue weighted by Crippen LogP contribution is 2.35. The third-order valence-electron chi connectivity index (χ3n) is 7.38. The van der Waals surface area contributed by atoms with Gasteiger partial charge in [0.15, 0.2) is 21.7 Å². The number of allylic oxidation sites excluding steroid dienone is 1. The minimum absolute atomic E-state index is 0.0802. The van der Waals surface area contributed by atoms with Gasteiger partial charge < -0.3 is 14.3 Å². The molecule has 0 saturated carbocycles. The molecule has 1 unspecified atom stereocenters. The lowest BCUT2D eigenvalue weighted by Gasteiger charge is -2.52. The largest absolute Gasteiger partial charge is 0.510 e. The molecule has 0 bridgehead atoms. The zero-order chi connectivity index (χ0) is 28.8. The molecule has 1 fully saturated rings. The number of sulfone groups is 1. The summed E-state index contributed by atoms with van der Waals surface area (Å²) in [5.41, 5.74) is -0.0317. The van der Waals surface area contributed by atoms with Gasteiger partial charge in [0.1, 0.15) is 18.8 Å². The summed E-state index contributed by atoms with van der Waals surface area (Å²) < 4.78 is 31.5. The van der Waals surface area contributed by atoms with Gasteiger partial charge in [0, 0.05) is 18.6 Å². The molecule has 11 nitrogen and oxygen atoms in total. The summed E-state index contributed by atoms with van der Waals surface area (Å²) in [5.74, 6) is -2.40. The van der Waals surface area contributed by atoms with Gasteiger partial charge in [-0.15, -0.1) is 0 Å². The van der Waals surface area contributed by atoms with E-state index in [1.54, 1.807) is 18.2 Å². The van der Waals surface area contributed by atoms with Crippen molar-refractivity contribution in [1.29, 1.82) is 0 Å². The number of hydrogen-bond donors (Lipinski definition) is 1. The SMILES string of the molecule is CC[N+](CC)(CC)C1CC(=O)N1/C(C(=O)OCc1ccc([N+](=O)[O-])cc1)=C(\O)CCS(=O)(=O)c1ccccc1. The molecule has 1 atom stereocenters. The fraction of sp³-hybridized carbons (Fsp3) is 0.407. The van der Waals surface area contributed by atoms with Crippen molar-refractivity contribution < 1.29 is 37.3 Å². The lowest BCUT2D eigenvalue weighted by molar-refractivity contribution is -0.958. The summed E-state index contributed by atoms with van der Waals surface area (Å²) in [6.45, 7) is 7.71. The average Bonchev–Trinajstić information content (AvgIpc) is 2.94. The van der Waals surface area contributed by atoms with E-state index in [0.717, 1.165) is 0 Å². The number of carbonyl (C=O) groups excluding carboxylic acids is 2. The summed E-state index contributed by atoms with van der Waals surface area (Å²) in [6, 6.07) is 13.2. The third-order valence-corrected chi connectivity index (χ3v) is 9.11. The van der Waals surface area contributed by atoms with Crippen molar-refractivity contribution >= 4 is 27.4 Å². The standard InChI is InChI=1S/C27H33N3O8S/c1-4-30(5-2,6-3)24-18-25(32)28(24)26(23(31)16-17-39(36,37)22-10-8-7-9-11-22)27(33)38-19-20-12-14-21(15-13-20)29(34)35/h7-15,24H,4-6,16-19H2,1-3H3/p+1. The maximum Gasteiger partial charge on any atom is 0.359 e. The Kier molecular flexibility index (Phi) is 9.46. The number of nitrogens with zero attached hydrogens (tertiary/aromatic N) is 3. The predicted molar refractivity (Wildman–Crippen MR) is 143 cm³/mol. The van der Waals surface area contributed by atoms with Crippen molar-refractivity contribution in [2.45, 2.75) is 51.3 Å². The van der Waals surface area contributed by atoms with E-state index >= 15 is 0 Å². The van der Waals surface area contributed by atoms with Crippen molar-refractivity contribution in [2.24, 2.45) is 0 Å². The number of carbonyl (C=O) groups is 2. The molecule has 1 saturated heterocycles. The lowest BCUT2D eigenvalue weighted by Crippen LogP contribution is -2.70. The highest BCUT2D eigenvalue weighted by Gasteiger charge is 2.53. The number of benzene rings is 2. The molecule has 2 aromatic rings. The number of likely N-dealkylation sites (tertiary alicyclic amines) is 1. The van der Waals surface area contributed by atoms with Crippen LogP contribution in [-0.4, -0.2) is 71.3 Å². The lowest BCUT2D eigenvalue weighted by atomic mass is 10.0. The van der Waals surface area contributed by atoms with Crippen LogP contribution in [0.1, 0.15) is 39.2 Å². The Morgan fingerprint density at radius 2 is 1.67 bits per heavy atom. The molecule has 210 valence electrons. The van der Waals surface area contributed by atoms with E-state index in [-0.39, 0.29) is 35.2 Å². The quantitative estimate of drug-likeness (QED) is 0.0743. The van der Waals surface area contributed by atoms with E-state index in [0.29, 0.717) is 29.7 Å². The monoisotopic (exact) mass is 560 g/mol. The van der Waals surface area contributed by atoms with Crippen molar-refractivity contribution in [3.8, 4) is 0 Å². The van der Waals surface area contributed by atoms with Crippen molar-refractivity contribution in [1.82, 2.24) is 4.90 Å². The summed E-state index contributed by atoms with van der Waals surface area (Å²) in [7, 11) is -3.77. The van der Waals surface area contributed by atoms with Gasteiger partial charge in [0.25, 0.3) is 5.69 Å². The van der Waals surface area contributed by atoms with E-state index in [2.05, 4.69) is 0 Å². The second-order valence-corrected chi connectivity index (χ2v) is 11.4. The second kappa shape index (κ2) is 12.4. The first-order valence-corrected chi connectivity index (χ1v) is 14.4. The first-order chi connectivity index (χ1) is 18.5. The minimum atomic E-state index is -3.77. The number of β-lactam (4-membered cyclic amide) rings is 1. The molecule has 0 aromatic heterocycles. The smallest absolute Gasteiger partial charge is 0.359 e. The highest BCUT2D eigenvalue weighted by atomic mass is 32.2. The summed E-state index contributed by atoms with van der Waals surface area (Å²) >= 11 is 0. The van der Waals surface area contributed by atoms with E-state index in [1.807, 2.05) is 20.8 Å². The number of esters is 1. The number of non-ortho nitro benzene ring substituents is 1. The van der Waals surface area contributed by atoms with Gasteiger partial charge >= 0.3 is 5.97 Å². The summed E-state index contributed by atoms with van der Waals surface area (Å²) in [5, 5.41) is 22.0. The van der Waals surface area contributed by atoms with Crippen LogP contribution in [0.15, 0.2) is 70.9 Å². The molecule has 1 aliphatic rings. The van der Waals surface area contributed by atoms with Crippen LogP contribution in [-0.2, 0) is 30.8 Å².